The van der Waals surface area contributed by atoms with Crippen molar-refractivity contribution < 1.29 is 22.7 Å². The van der Waals surface area contributed by atoms with Crippen molar-refractivity contribution in [3.05, 3.63) is 112 Å². The lowest BCUT2D eigenvalue weighted by molar-refractivity contribution is -0.137. The molecule has 1 amide bonds. The smallest absolute Gasteiger partial charge is 0.418 e. The minimum atomic E-state index is -4.51. The summed E-state index contributed by atoms with van der Waals surface area (Å²) in [6.07, 6.45) is -4.51. The average Bonchev–Trinajstić information content (AvgIpc) is 3.10. The van der Waals surface area contributed by atoms with Crippen LogP contribution in [0, 0.1) is 27.7 Å². The molecule has 0 aliphatic carbocycles. The summed E-state index contributed by atoms with van der Waals surface area (Å²) in [4.78, 5) is 13.1. The molecule has 4 nitrogen and oxygen atoms in total. The van der Waals surface area contributed by atoms with Crippen molar-refractivity contribution in [1.82, 2.24) is 4.57 Å². The third kappa shape index (κ3) is 5.46. The fourth-order valence-electron chi connectivity index (χ4n) is 4.45. The van der Waals surface area contributed by atoms with Crippen LogP contribution >= 0.6 is 0 Å². The lowest BCUT2D eigenvalue weighted by atomic mass is 10.1. The van der Waals surface area contributed by atoms with Crippen molar-refractivity contribution in [1.29, 1.82) is 0 Å². The van der Waals surface area contributed by atoms with Crippen LogP contribution in [-0.2, 0) is 12.8 Å². The molecule has 0 aliphatic rings. The lowest BCUT2D eigenvalue weighted by Crippen LogP contribution is -2.15. The predicted octanol–water partition coefficient (Wildman–Crippen LogP) is 7.56. The Morgan fingerprint density at radius 3 is 2.28 bits per heavy atom. The predicted molar refractivity (Wildman–Crippen MR) is 135 cm³/mol. The summed E-state index contributed by atoms with van der Waals surface area (Å²) in [5, 5.41) is 2.84. The van der Waals surface area contributed by atoms with Gasteiger partial charge in [-0.25, -0.2) is 0 Å². The summed E-state index contributed by atoms with van der Waals surface area (Å²) in [5.74, 6) is 0.182. The van der Waals surface area contributed by atoms with E-state index in [2.05, 4.69) is 23.5 Å². The first-order valence-electron chi connectivity index (χ1n) is 11.5. The highest BCUT2D eigenvalue weighted by atomic mass is 19.4. The normalized spacial score (nSPS) is 11.4. The van der Waals surface area contributed by atoms with E-state index in [-0.39, 0.29) is 5.69 Å². The number of para-hydroxylation sites is 1. The largest absolute Gasteiger partial charge is 0.489 e. The number of nitrogens with zero attached hydrogens (tertiary/aromatic N) is 1. The van der Waals surface area contributed by atoms with Crippen molar-refractivity contribution in [2.24, 2.45) is 0 Å². The number of aryl methyl sites for hydroxylation is 3. The van der Waals surface area contributed by atoms with Gasteiger partial charge in [0.05, 0.1) is 16.8 Å². The Morgan fingerprint density at radius 1 is 0.889 bits per heavy atom. The number of rotatable bonds is 6. The zero-order valence-corrected chi connectivity index (χ0v) is 20.5. The van der Waals surface area contributed by atoms with E-state index >= 15 is 0 Å². The quantitative estimate of drug-likeness (QED) is 0.302. The van der Waals surface area contributed by atoms with E-state index in [1.807, 2.05) is 13.8 Å². The second-order valence-corrected chi connectivity index (χ2v) is 8.90. The third-order valence-electron chi connectivity index (χ3n) is 5.90. The number of benzene rings is 3. The summed E-state index contributed by atoms with van der Waals surface area (Å²) < 4.78 is 48.2. The second kappa shape index (κ2) is 9.93. The Balaban J connectivity index is 1.54. The Bertz CT molecular complexity index is 1400. The highest BCUT2D eigenvalue weighted by Gasteiger charge is 2.34. The zero-order valence-electron chi connectivity index (χ0n) is 20.5. The average molecular weight is 493 g/mol. The molecule has 0 aliphatic heterocycles. The van der Waals surface area contributed by atoms with Crippen LogP contribution in [0.1, 0.15) is 44.0 Å². The number of aromatic nitrogens is 1. The molecule has 0 spiro atoms. The van der Waals surface area contributed by atoms with Gasteiger partial charge in [-0.2, -0.15) is 13.2 Å². The van der Waals surface area contributed by atoms with Gasteiger partial charge in [0.2, 0.25) is 0 Å². The molecule has 0 saturated carbocycles. The number of amides is 1. The van der Waals surface area contributed by atoms with Gasteiger partial charge < -0.3 is 14.6 Å². The molecule has 4 aromatic rings. The van der Waals surface area contributed by atoms with E-state index in [4.69, 9.17) is 4.74 Å². The second-order valence-electron chi connectivity index (χ2n) is 8.90. The number of alkyl halides is 3. The number of halogens is 3. The van der Waals surface area contributed by atoms with Crippen LogP contribution in [-0.4, -0.2) is 10.5 Å². The van der Waals surface area contributed by atoms with Crippen LogP contribution in [0.4, 0.5) is 18.9 Å². The maximum absolute atomic E-state index is 13.6. The van der Waals surface area contributed by atoms with Gasteiger partial charge in [-0.1, -0.05) is 47.5 Å². The molecule has 7 heteroatoms. The molecule has 4 rings (SSSR count). The standard InChI is InChI=1S/C29H27F3N2O2/c1-18-12-19(2)14-22(13-18)17-36-24-9-7-8-23(16-24)33-28(35)25-15-20(3)34(21(25)4)27-11-6-5-10-26(27)29(30,31)32/h5-16H,17H2,1-4H3,(H,33,35). The lowest BCUT2D eigenvalue weighted by Gasteiger charge is -2.17. The highest BCUT2D eigenvalue weighted by Crippen LogP contribution is 2.35. The molecule has 0 unspecified atom stereocenters. The zero-order chi connectivity index (χ0) is 26.0. The molecule has 0 bridgehead atoms. The maximum atomic E-state index is 13.6. The van der Waals surface area contributed by atoms with Gasteiger partial charge in [0, 0.05) is 23.1 Å². The molecule has 0 fully saturated rings. The van der Waals surface area contributed by atoms with Crippen LogP contribution in [0.5, 0.6) is 5.75 Å². The van der Waals surface area contributed by atoms with Gasteiger partial charge in [0.25, 0.3) is 5.91 Å². The van der Waals surface area contributed by atoms with Crippen LogP contribution in [0.2, 0.25) is 0 Å². The SMILES string of the molecule is Cc1cc(C)cc(COc2cccc(NC(=O)c3cc(C)n(-c4ccccc4C(F)(F)F)c3C)c2)c1. The Labute approximate surface area is 208 Å². The molecule has 186 valence electrons. The topological polar surface area (TPSA) is 43.3 Å². The number of nitrogens with one attached hydrogen (secondary N) is 1. The van der Waals surface area contributed by atoms with Crippen LogP contribution in [0.25, 0.3) is 5.69 Å². The molecule has 3 aromatic carbocycles. The molecule has 1 heterocycles. The number of hydrogen-bond donors (Lipinski definition) is 1. The molecule has 0 saturated heterocycles. The molecule has 0 atom stereocenters. The molecular formula is C29H27F3N2O2. The molecule has 0 radical (unpaired) electrons. The number of hydrogen-bond acceptors (Lipinski definition) is 2. The maximum Gasteiger partial charge on any atom is 0.418 e. The van der Waals surface area contributed by atoms with Crippen LogP contribution in [0.3, 0.4) is 0 Å². The number of carbonyl (C=O) groups is 1. The minimum absolute atomic E-state index is 0.0131. The van der Waals surface area contributed by atoms with E-state index in [1.165, 1.54) is 16.7 Å². The first-order valence-corrected chi connectivity index (χ1v) is 11.5. The minimum Gasteiger partial charge on any atom is -0.489 e. The van der Waals surface area contributed by atoms with Gasteiger partial charge in [0.15, 0.2) is 0 Å². The van der Waals surface area contributed by atoms with Gasteiger partial charge in [0.1, 0.15) is 12.4 Å². The number of carbonyl (C=O) groups excluding carboxylic acids is 1. The highest BCUT2D eigenvalue weighted by molar-refractivity contribution is 6.05. The molecule has 1 N–H and O–H groups in total. The van der Waals surface area contributed by atoms with Gasteiger partial charge in [-0.15, -0.1) is 0 Å². The summed E-state index contributed by atoms with van der Waals surface area (Å²) in [5.41, 5.74) is 4.37. The van der Waals surface area contributed by atoms with Crippen molar-refractivity contribution in [2.75, 3.05) is 5.32 Å². The first-order chi connectivity index (χ1) is 17.0. The van der Waals surface area contributed by atoms with Gasteiger partial charge >= 0.3 is 6.18 Å². The van der Waals surface area contributed by atoms with Gasteiger partial charge in [-0.05, 0) is 63.6 Å². The van der Waals surface area contributed by atoms with Crippen LogP contribution in [0.15, 0.2) is 72.8 Å². The third-order valence-corrected chi connectivity index (χ3v) is 5.90. The molecule has 36 heavy (non-hydrogen) atoms. The Hall–Kier alpha value is -4.00. The van der Waals surface area contributed by atoms with E-state index in [0.717, 1.165) is 22.8 Å². The van der Waals surface area contributed by atoms with E-state index in [1.54, 1.807) is 50.2 Å². The van der Waals surface area contributed by atoms with E-state index < -0.39 is 17.6 Å². The van der Waals surface area contributed by atoms with Crippen molar-refractivity contribution >= 4 is 11.6 Å². The monoisotopic (exact) mass is 492 g/mol. The van der Waals surface area contributed by atoms with Gasteiger partial charge in [-0.3, -0.25) is 4.79 Å². The number of anilines is 1. The van der Waals surface area contributed by atoms with Crippen LogP contribution < -0.4 is 10.1 Å². The first kappa shape index (κ1) is 25.1. The molecule has 1 aromatic heterocycles. The summed E-state index contributed by atoms with van der Waals surface area (Å²) in [6.45, 7) is 7.77. The summed E-state index contributed by atoms with van der Waals surface area (Å²) in [7, 11) is 0. The Kier molecular flexibility index (Phi) is 6.93. The van der Waals surface area contributed by atoms with Crippen molar-refractivity contribution in [3.8, 4) is 11.4 Å². The fraction of sp³-hybridized carbons (Fsp3) is 0.207. The summed E-state index contributed by atoms with van der Waals surface area (Å²) in [6, 6.07) is 20.2. The van der Waals surface area contributed by atoms with E-state index in [9.17, 15) is 18.0 Å². The summed E-state index contributed by atoms with van der Waals surface area (Å²) >= 11 is 0. The van der Waals surface area contributed by atoms with Crippen molar-refractivity contribution in [3.63, 3.8) is 0 Å². The van der Waals surface area contributed by atoms with Crippen molar-refractivity contribution in [2.45, 2.75) is 40.5 Å². The van der Waals surface area contributed by atoms with E-state index in [0.29, 0.717) is 35.0 Å². The fourth-order valence-corrected chi connectivity index (χ4v) is 4.45. The number of ether oxygens (including phenoxy) is 1. The molecular weight excluding hydrogens is 465 g/mol. The Morgan fingerprint density at radius 2 is 1.58 bits per heavy atom.